The van der Waals surface area contributed by atoms with Gasteiger partial charge in [0.2, 0.25) is 11.8 Å². The molecule has 1 aromatic rings. The molecular weight excluding hydrogens is 158 g/mol. The van der Waals surface area contributed by atoms with Crippen LogP contribution in [0.2, 0.25) is 0 Å². The molecule has 0 fully saturated rings. The molecule has 0 bridgehead atoms. The number of hydrogen-bond donors (Lipinski definition) is 3. The van der Waals surface area contributed by atoms with Crippen LogP contribution in [-0.2, 0) is 6.54 Å². The molecule has 6 heteroatoms. The van der Waals surface area contributed by atoms with E-state index in [2.05, 4.69) is 15.0 Å². The topological polar surface area (TPSA) is 102 Å². The molecule has 0 aliphatic carbocycles. The quantitative estimate of drug-likeness (QED) is 0.418. The van der Waals surface area contributed by atoms with Crippen LogP contribution in [0.1, 0.15) is 5.69 Å². The van der Waals surface area contributed by atoms with Gasteiger partial charge >= 0.3 is 0 Å². The number of nitrogen functional groups attached to an aromatic ring is 1. The van der Waals surface area contributed by atoms with Crippen LogP contribution < -0.4 is 16.2 Å². The van der Waals surface area contributed by atoms with Gasteiger partial charge in [0.25, 0.3) is 0 Å². The Bertz CT molecular complexity index is 279. The zero-order valence-corrected chi connectivity index (χ0v) is 6.74. The van der Waals surface area contributed by atoms with Crippen LogP contribution >= 0.6 is 0 Å². The standard InChI is InChI=1S/C6H11N5O/c1-12-5-4(2-9-3-7)10-6(8)11-5/h3H,2H2,1H3,(H2,7,9)(H3,8,10,11). The second kappa shape index (κ2) is 3.61. The third-order valence-corrected chi connectivity index (χ3v) is 1.31. The van der Waals surface area contributed by atoms with Gasteiger partial charge in [0.05, 0.1) is 20.0 Å². The highest BCUT2D eigenvalue weighted by atomic mass is 16.5. The number of nitrogens with one attached hydrogen (secondary N) is 1. The molecule has 5 N–H and O–H groups in total. The summed E-state index contributed by atoms with van der Waals surface area (Å²) in [5, 5.41) is 0. The number of imidazole rings is 1. The molecule has 66 valence electrons. The first-order valence-electron chi connectivity index (χ1n) is 3.36. The van der Waals surface area contributed by atoms with Gasteiger partial charge in [-0.3, -0.25) is 4.99 Å². The number of hydrogen-bond acceptors (Lipinski definition) is 4. The van der Waals surface area contributed by atoms with Crippen LogP contribution in [0.3, 0.4) is 0 Å². The highest BCUT2D eigenvalue weighted by Crippen LogP contribution is 2.16. The van der Waals surface area contributed by atoms with E-state index in [0.717, 1.165) is 5.69 Å². The van der Waals surface area contributed by atoms with Crippen LogP contribution in [0.25, 0.3) is 0 Å². The van der Waals surface area contributed by atoms with Crippen molar-refractivity contribution in [1.82, 2.24) is 9.97 Å². The molecule has 1 heterocycles. The zero-order valence-electron chi connectivity index (χ0n) is 6.74. The van der Waals surface area contributed by atoms with Crippen molar-refractivity contribution in [2.75, 3.05) is 12.8 Å². The molecule has 6 nitrogen and oxygen atoms in total. The molecule has 0 saturated heterocycles. The molecule has 0 spiro atoms. The van der Waals surface area contributed by atoms with Crippen LogP contribution in [-0.4, -0.2) is 23.4 Å². The first-order valence-corrected chi connectivity index (χ1v) is 3.36. The summed E-state index contributed by atoms with van der Waals surface area (Å²) in [7, 11) is 1.52. The summed E-state index contributed by atoms with van der Waals surface area (Å²) < 4.78 is 4.93. The average Bonchev–Trinajstić information content (AvgIpc) is 2.42. The SMILES string of the molecule is COc1nc(N)[nH]c1CN=CN. The lowest BCUT2D eigenvalue weighted by Crippen LogP contribution is -1.93. The first kappa shape index (κ1) is 8.38. The van der Waals surface area contributed by atoms with E-state index in [9.17, 15) is 0 Å². The van der Waals surface area contributed by atoms with E-state index < -0.39 is 0 Å². The molecule has 1 aromatic heterocycles. The number of methoxy groups -OCH3 is 1. The number of H-pyrrole nitrogens is 1. The lowest BCUT2D eigenvalue weighted by molar-refractivity contribution is 0.395. The summed E-state index contributed by atoms with van der Waals surface area (Å²) in [6.07, 6.45) is 1.22. The van der Waals surface area contributed by atoms with E-state index in [4.69, 9.17) is 16.2 Å². The van der Waals surface area contributed by atoms with E-state index in [1.807, 2.05) is 0 Å². The van der Waals surface area contributed by atoms with Gasteiger partial charge in [-0.05, 0) is 0 Å². The van der Waals surface area contributed by atoms with Crippen molar-refractivity contribution in [3.63, 3.8) is 0 Å². The lowest BCUT2D eigenvalue weighted by atomic mass is 10.4. The van der Waals surface area contributed by atoms with Crippen molar-refractivity contribution in [3.8, 4) is 5.88 Å². The fourth-order valence-corrected chi connectivity index (χ4v) is 0.833. The average molecular weight is 169 g/mol. The van der Waals surface area contributed by atoms with Gasteiger partial charge < -0.3 is 21.2 Å². The summed E-state index contributed by atoms with van der Waals surface area (Å²) in [5.41, 5.74) is 11.2. The van der Waals surface area contributed by atoms with Crippen molar-refractivity contribution in [2.45, 2.75) is 6.54 Å². The summed E-state index contributed by atoms with van der Waals surface area (Å²) in [6, 6.07) is 0. The predicted octanol–water partition coefficient (Wildman–Crippen LogP) is -0.513. The first-order chi connectivity index (χ1) is 5.77. The summed E-state index contributed by atoms with van der Waals surface area (Å²) in [4.78, 5) is 10.5. The Kier molecular flexibility index (Phi) is 2.52. The number of anilines is 1. The second-order valence-corrected chi connectivity index (χ2v) is 2.10. The number of nitrogens with two attached hydrogens (primary N) is 2. The van der Waals surface area contributed by atoms with Gasteiger partial charge in [0.15, 0.2) is 0 Å². The van der Waals surface area contributed by atoms with Gasteiger partial charge in [-0.15, -0.1) is 0 Å². The highest BCUT2D eigenvalue weighted by Gasteiger charge is 2.06. The zero-order chi connectivity index (χ0) is 8.97. The number of nitrogens with zero attached hydrogens (tertiary/aromatic N) is 2. The van der Waals surface area contributed by atoms with Crippen molar-refractivity contribution in [2.24, 2.45) is 10.7 Å². The van der Waals surface area contributed by atoms with Gasteiger partial charge in [0, 0.05) is 0 Å². The fourth-order valence-electron chi connectivity index (χ4n) is 0.833. The summed E-state index contributed by atoms with van der Waals surface area (Å²) >= 11 is 0. The van der Waals surface area contributed by atoms with Gasteiger partial charge in [-0.2, -0.15) is 4.98 Å². The molecule has 0 aliphatic heterocycles. The third kappa shape index (κ3) is 1.66. The van der Waals surface area contributed by atoms with Crippen molar-refractivity contribution < 1.29 is 4.74 Å². The molecular formula is C6H11N5O. The molecule has 0 unspecified atom stereocenters. The number of aromatic amines is 1. The summed E-state index contributed by atoms with van der Waals surface area (Å²) in [6.45, 7) is 0.393. The van der Waals surface area contributed by atoms with Crippen LogP contribution in [0.5, 0.6) is 5.88 Å². The Balaban J connectivity index is 2.81. The second-order valence-electron chi connectivity index (χ2n) is 2.10. The fraction of sp³-hybridized carbons (Fsp3) is 0.333. The molecule has 0 saturated carbocycles. The van der Waals surface area contributed by atoms with E-state index in [-0.39, 0.29) is 0 Å². The minimum atomic E-state index is 0.314. The highest BCUT2D eigenvalue weighted by molar-refractivity contribution is 5.51. The van der Waals surface area contributed by atoms with E-state index in [0.29, 0.717) is 18.4 Å². The lowest BCUT2D eigenvalue weighted by Gasteiger charge is -1.95. The molecule has 1 rings (SSSR count). The Hall–Kier alpha value is -1.72. The smallest absolute Gasteiger partial charge is 0.238 e. The Morgan fingerprint density at radius 3 is 3.08 bits per heavy atom. The molecule has 0 aliphatic rings. The number of rotatable bonds is 3. The minimum Gasteiger partial charge on any atom is -0.480 e. The van der Waals surface area contributed by atoms with Gasteiger partial charge in [-0.25, -0.2) is 0 Å². The van der Waals surface area contributed by atoms with Gasteiger partial charge in [0.1, 0.15) is 5.69 Å². The minimum absolute atomic E-state index is 0.314. The number of ether oxygens (including phenoxy) is 1. The molecule has 0 atom stereocenters. The Morgan fingerprint density at radius 2 is 2.50 bits per heavy atom. The van der Waals surface area contributed by atoms with E-state index >= 15 is 0 Å². The maximum atomic E-state index is 5.40. The largest absolute Gasteiger partial charge is 0.480 e. The molecule has 0 amide bonds. The summed E-state index contributed by atoms with van der Waals surface area (Å²) in [5.74, 6) is 0.771. The van der Waals surface area contributed by atoms with Gasteiger partial charge in [-0.1, -0.05) is 0 Å². The molecule has 12 heavy (non-hydrogen) atoms. The van der Waals surface area contributed by atoms with Crippen molar-refractivity contribution in [3.05, 3.63) is 5.69 Å². The monoisotopic (exact) mass is 169 g/mol. The van der Waals surface area contributed by atoms with Crippen LogP contribution in [0.15, 0.2) is 4.99 Å². The maximum absolute atomic E-state index is 5.40. The third-order valence-electron chi connectivity index (χ3n) is 1.31. The number of aliphatic imine (C=N–C) groups is 1. The normalized spacial score (nSPS) is 10.8. The van der Waals surface area contributed by atoms with Crippen LogP contribution in [0.4, 0.5) is 5.95 Å². The Labute approximate surface area is 69.6 Å². The number of aromatic nitrogens is 2. The van der Waals surface area contributed by atoms with Crippen molar-refractivity contribution >= 4 is 12.3 Å². The molecule has 0 radical (unpaired) electrons. The predicted molar refractivity (Wildman–Crippen MR) is 45.9 cm³/mol. The van der Waals surface area contributed by atoms with E-state index in [1.165, 1.54) is 13.4 Å². The van der Waals surface area contributed by atoms with E-state index in [1.54, 1.807) is 0 Å². The van der Waals surface area contributed by atoms with Crippen molar-refractivity contribution in [1.29, 1.82) is 0 Å². The maximum Gasteiger partial charge on any atom is 0.238 e. The van der Waals surface area contributed by atoms with Crippen LogP contribution in [0, 0.1) is 0 Å². The molecule has 0 aromatic carbocycles. The Morgan fingerprint density at radius 1 is 1.75 bits per heavy atom.